The van der Waals surface area contributed by atoms with E-state index >= 15 is 0 Å². The normalized spacial score (nSPS) is 16.2. The molecule has 56 heavy (non-hydrogen) atoms. The second kappa shape index (κ2) is 13.2. The van der Waals surface area contributed by atoms with Crippen molar-refractivity contribution in [2.24, 2.45) is 0 Å². The molecule has 0 amide bonds. The van der Waals surface area contributed by atoms with Crippen LogP contribution in [-0.2, 0) is 11.0 Å². The highest BCUT2D eigenvalue weighted by Crippen LogP contribution is 2.60. The molecule has 2 heterocycles. The van der Waals surface area contributed by atoms with Gasteiger partial charge < -0.3 is 4.74 Å². The van der Waals surface area contributed by atoms with Gasteiger partial charge >= 0.3 is 0 Å². The van der Waals surface area contributed by atoms with Gasteiger partial charge in [0, 0.05) is 44.2 Å². The lowest BCUT2D eigenvalue weighted by Gasteiger charge is -2.39. The molecule has 5 heteroatoms. The summed E-state index contributed by atoms with van der Waals surface area (Å²) in [5.74, 6) is 2.32. The van der Waals surface area contributed by atoms with Gasteiger partial charge in [0.05, 0.1) is 0 Å². The molecule has 270 valence electrons. The van der Waals surface area contributed by atoms with Crippen molar-refractivity contribution in [3.05, 3.63) is 197 Å². The summed E-state index contributed by atoms with van der Waals surface area (Å²) in [5.41, 5.74) is 9.61. The second-order valence-corrected chi connectivity index (χ2v) is 14.7. The van der Waals surface area contributed by atoms with Crippen LogP contribution in [0.3, 0.4) is 0 Å². The van der Waals surface area contributed by atoms with Crippen molar-refractivity contribution >= 4 is 16.8 Å². The van der Waals surface area contributed by atoms with E-state index in [4.69, 9.17) is 19.7 Å². The van der Waals surface area contributed by atoms with Gasteiger partial charge in [-0.05, 0) is 58.7 Å². The fourth-order valence-electron chi connectivity index (χ4n) is 9.09. The van der Waals surface area contributed by atoms with E-state index in [0.717, 1.165) is 57.4 Å². The minimum Gasteiger partial charge on any atom is -0.472 e. The van der Waals surface area contributed by atoms with Crippen LogP contribution in [0.2, 0.25) is 0 Å². The monoisotopic (exact) mass is 727 g/mol. The van der Waals surface area contributed by atoms with Crippen LogP contribution in [0.1, 0.15) is 54.5 Å². The van der Waals surface area contributed by atoms with Crippen LogP contribution < -0.4 is 4.74 Å². The number of rotatable bonds is 7. The average Bonchev–Trinajstić information content (AvgIpc) is 3.58. The van der Waals surface area contributed by atoms with Crippen LogP contribution in [0.4, 0.5) is 4.39 Å². The minimum absolute atomic E-state index is 0.160. The molecular formula is C51H38FN3O. The van der Waals surface area contributed by atoms with Gasteiger partial charge in [-0.1, -0.05) is 166 Å². The largest absolute Gasteiger partial charge is 0.472 e. The van der Waals surface area contributed by atoms with Gasteiger partial charge in [0.2, 0.25) is 0 Å². The number of aromatic nitrogens is 3. The first-order chi connectivity index (χ1) is 27.5. The predicted octanol–water partition coefficient (Wildman–Crippen LogP) is 12.6. The second-order valence-electron chi connectivity index (χ2n) is 14.7. The van der Waals surface area contributed by atoms with Gasteiger partial charge in [-0.2, -0.15) is 0 Å². The Kier molecular flexibility index (Phi) is 8.00. The van der Waals surface area contributed by atoms with Crippen LogP contribution in [-0.4, -0.2) is 15.0 Å². The molecule has 8 aromatic rings. The maximum Gasteiger partial charge on any atom is 0.178 e. The molecule has 10 rings (SSSR count). The standard InChI is InChI=1S/C51H38FN3O/c1-3-50(4-2)43-22-14-13-21-41(43)44-39-19-11-12-20-40(39)46-42(45(44)50)31-32-51(56-46,37-27-29-38(52)30-28-37)36-25-23-35(24-26-36)49-54-47(33-15-7-5-8-16-33)53-48(55-49)34-17-9-6-10-18-34/h5-32H,3-4H2,1-2H3. The number of hydrogen-bond acceptors (Lipinski definition) is 4. The van der Waals surface area contributed by atoms with E-state index in [2.05, 4.69) is 86.7 Å². The molecule has 0 bridgehead atoms. The Morgan fingerprint density at radius 1 is 0.536 bits per heavy atom. The summed E-state index contributed by atoms with van der Waals surface area (Å²) < 4.78 is 22.0. The van der Waals surface area contributed by atoms with E-state index in [-0.39, 0.29) is 11.2 Å². The molecule has 7 aromatic carbocycles. The summed E-state index contributed by atoms with van der Waals surface area (Å²) in [6, 6.07) is 52.4. The van der Waals surface area contributed by atoms with Crippen molar-refractivity contribution in [3.8, 4) is 51.0 Å². The van der Waals surface area contributed by atoms with E-state index in [1.54, 1.807) is 0 Å². The number of benzene rings is 7. The maximum atomic E-state index is 14.5. The molecule has 2 aliphatic rings. The van der Waals surface area contributed by atoms with Gasteiger partial charge in [-0.25, -0.2) is 19.3 Å². The Labute approximate surface area is 326 Å². The van der Waals surface area contributed by atoms with Crippen LogP contribution in [0.5, 0.6) is 5.75 Å². The first kappa shape index (κ1) is 33.8. The third-order valence-corrected chi connectivity index (χ3v) is 11.9. The highest BCUT2D eigenvalue weighted by molar-refractivity contribution is 6.08. The van der Waals surface area contributed by atoms with Gasteiger partial charge in [0.1, 0.15) is 11.6 Å². The van der Waals surface area contributed by atoms with Crippen molar-refractivity contribution < 1.29 is 9.13 Å². The van der Waals surface area contributed by atoms with E-state index in [0.29, 0.717) is 17.5 Å². The molecule has 1 aliphatic heterocycles. The van der Waals surface area contributed by atoms with Crippen LogP contribution in [0, 0.1) is 5.82 Å². The Balaban J connectivity index is 1.15. The summed E-state index contributed by atoms with van der Waals surface area (Å²) in [4.78, 5) is 14.8. The summed E-state index contributed by atoms with van der Waals surface area (Å²) in [6.07, 6.45) is 6.35. The van der Waals surface area contributed by atoms with E-state index < -0.39 is 5.60 Å². The van der Waals surface area contributed by atoms with Crippen molar-refractivity contribution in [3.63, 3.8) is 0 Å². The van der Waals surface area contributed by atoms with Gasteiger partial charge in [-0.15, -0.1) is 0 Å². The lowest BCUT2D eigenvalue weighted by Crippen LogP contribution is -2.35. The summed E-state index contributed by atoms with van der Waals surface area (Å²) in [5, 5.41) is 2.23. The van der Waals surface area contributed by atoms with Crippen molar-refractivity contribution in [1.29, 1.82) is 0 Å². The molecule has 4 nitrogen and oxygen atoms in total. The lowest BCUT2D eigenvalue weighted by atomic mass is 9.71. The summed E-state index contributed by atoms with van der Waals surface area (Å²) in [6.45, 7) is 4.60. The highest BCUT2D eigenvalue weighted by Gasteiger charge is 2.46. The maximum absolute atomic E-state index is 14.5. The number of hydrogen-bond donors (Lipinski definition) is 0. The SMILES string of the molecule is CCC1(CC)c2ccccc2-c2c1c1c(c3ccccc23)OC(c2ccc(F)cc2)(c2ccc(-c3nc(-c4ccccc4)nc(-c4ccccc4)n3)cc2)C=C1. The molecule has 0 saturated heterocycles. The molecule has 0 spiro atoms. The molecule has 0 fully saturated rings. The zero-order chi connectivity index (χ0) is 37.9. The fraction of sp³-hybridized carbons (Fsp3) is 0.118. The zero-order valence-electron chi connectivity index (χ0n) is 31.2. The van der Waals surface area contributed by atoms with Crippen molar-refractivity contribution in [2.45, 2.75) is 37.7 Å². The first-order valence-corrected chi connectivity index (χ1v) is 19.3. The highest BCUT2D eigenvalue weighted by atomic mass is 19.1. The van der Waals surface area contributed by atoms with Gasteiger partial charge in [0.15, 0.2) is 23.1 Å². The number of fused-ring (bicyclic) bond motifs is 8. The van der Waals surface area contributed by atoms with Gasteiger partial charge in [-0.3, -0.25) is 0 Å². The lowest BCUT2D eigenvalue weighted by molar-refractivity contribution is 0.163. The molecule has 0 N–H and O–H groups in total. The molecule has 1 aromatic heterocycles. The van der Waals surface area contributed by atoms with E-state index in [1.807, 2.05) is 84.9 Å². The Bertz CT molecular complexity index is 2740. The van der Waals surface area contributed by atoms with Crippen LogP contribution >= 0.6 is 0 Å². The molecular weight excluding hydrogens is 690 g/mol. The number of nitrogens with zero attached hydrogens (tertiary/aromatic N) is 3. The van der Waals surface area contributed by atoms with Gasteiger partial charge in [0.25, 0.3) is 0 Å². The van der Waals surface area contributed by atoms with Crippen molar-refractivity contribution in [1.82, 2.24) is 15.0 Å². The van der Waals surface area contributed by atoms with Crippen LogP contribution in [0.25, 0.3) is 62.1 Å². The molecule has 0 radical (unpaired) electrons. The third-order valence-electron chi connectivity index (χ3n) is 11.9. The molecule has 1 unspecified atom stereocenters. The van der Waals surface area contributed by atoms with Crippen LogP contribution in [0.15, 0.2) is 164 Å². The van der Waals surface area contributed by atoms with Crippen molar-refractivity contribution in [2.75, 3.05) is 0 Å². The summed E-state index contributed by atoms with van der Waals surface area (Å²) in [7, 11) is 0. The molecule has 1 atom stereocenters. The smallest absolute Gasteiger partial charge is 0.178 e. The third kappa shape index (κ3) is 5.15. The Morgan fingerprint density at radius 3 is 1.62 bits per heavy atom. The predicted molar refractivity (Wildman–Crippen MR) is 224 cm³/mol. The molecule has 1 aliphatic carbocycles. The fourth-order valence-corrected chi connectivity index (χ4v) is 9.09. The quantitative estimate of drug-likeness (QED) is 0.164. The molecule has 0 saturated carbocycles. The summed E-state index contributed by atoms with van der Waals surface area (Å²) >= 11 is 0. The zero-order valence-corrected chi connectivity index (χ0v) is 31.2. The first-order valence-electron chi connectivity index (χ1n) is 19.3. The van der Waals surface area contributed by atoms with E-state index in [9.17, 15) is 4.39 Å². The number of halogens is 1. The van der Waals surface area contributed by atoms with E-state index in [1.165, 1.54) is 39.8 Å². The topological polar surface area (TPSA) is 47.9 Å². The Morgan fingerprint density at radius 2 is 1.04 bits per heavy atom. The Hall–Kier alpha value is -6.72. The number of ether oxygens (including phenoxy) is 1. The average molecular weight is 728 g/mol. The minimum atomic E-state index is -1.05.